The summed E-state index contributed by atoms with van der Waals surface area (Å²) in [5.41, 5.74) is 0.287. The number of hydrogen-bond donors (Lipinski definition) is 1. The monoisotopic (exact) mass is 346 g/mol. The van der Waals surface area contributed by atoms with Crippen molar-refractivity contribution in [2.75, 3.05) is 24.2 Å². The van der Waals surface area contributed by atoms with Crippen LogP contribution in [0.4, 0.5) is 5.69 Å². The lowest BCUT2D eigenvalue weighted by molar-refractivity contribution is -0.121. The summed E-state index contributed by atoms with van der Waals surface area (Å²) in [7, 11) is -2.22. The van der Waals surface area contributed by atoms with Crippen molar-refractivity contribution in [2.45, 2.75) is 13.0 Å². The first-order valence-electron chi connectivity index (χ1n) is 6.44. The van der Waals surface area contributed by atoms with Crippen LogP contribution < -0.4 is 14.4 Å². The Labute approximate surface area is 135 Å². The van der Waals surface area contributed by atoms with Crippen molar-refractivity contribution in [1.29, 1.82) is 0 Å². The normalized spacial score (nSPS) is 12.4. The minimum absolute atomic E-state index is 0.254. The summed E-state index contributed by atoms with van der Waals surface area (Å²) < 4.78 is 30.2. The van der Waals surface area contributed by atoms with Crippen molar-refractivity contribution in [2.24, 2.45) is 0 Å². The van der Waals surface area contributed by atoms with Gasteiger partial charge in [-0.25, -0.2) is 8.42 Å². The van der Waals surface area contributed by atoms with E-state index in [0.29, 0.717) is 5.75 Å². The highest BCUT2D eigenvalue weighted by molar-refractivity contribution is 7.92. The minimum Gasteiger partial charge on any atom is -0.495 e. The summed E-state index contributed by atoms with van der Waals surface area (Å²) in [6, 6.07) is 3.59. The van der Waals surface area contributed by atoms with Gasteiger partial charge in [0.2, 0.25) is 15.9 Å². The highest BCUT2D eigenvalue weighted by atomic mass is 35.5. The van der Waals surface area contributed by atoms with E-state index in [0.717, 1.165) is 10.6 Å². The van der Waals surface area contributed by atoms with Gasteiger partial charge in [0.25, 0.3) is 0 Å². The van der Waals surface area contributed by atoms with Gasteiger partial charge in [-0.2, -0.15) is 0 Å². The molecule has 0 saturated carbocycles. The summed E-state index contributed by atoms with van der Waals surface area (Å²) in [6.45, 7) is 5.25. The van der Waals surface area contributed by atoms with Crippen molar-refractivity contribution in [3.8, 4) is 5.75 Å². The number of hydrogen-bond acceptors (Lipinski definition) is 4. The van der Waals surface area contributed by atoms with Crippen LogP contribution in [0.3, 0.4) is 0 Å². The zero-order valence-electron chi connectivity index (χ0n) is 12.7. The van der Waals surface area contributed by atoms with E-state index in [-0.39, 0.29) is 17.3 Å². The van der Waals surface area contributed by atoms with E-state index >= 15 is 0 Å². The van der Waals surface area contributed by atoms with Gasteiger partial charge in [0.05, 0.1) is 24.1 Å². The van der Waals surface area contributed by atoms with Crippen LogP contribution in [-0.4, -0.2) is 40.3 Å². The molecule has 22 heavy (non-hydrogen) atoms. The maximum atomic E-state index is 12.1. The predicted molar refractivity (Wildman–Crippen MR) is 88.0 cm³/mol. The van der Waals surface area contributed by atoms with E-state index in [2.05, 4.69) is 11.9 Å². The smallest absolute Gasteiger partial charge is 0.243 e. The Bertz CT molecular complexity index is 661. The van der Waals surface area contributed by atoms with Crippen molar-refractivity contribution in [3.05, 3.63) is 35.9 Å². The van der Waals surface area contributed by atoms with Gasteiger partial charge >= 0.3 is 0 Å². The molecule has 1 N–H and O–H groups in total. The number of benzene rings is 1. The Morgan fingerprint density at radius 2 is 2.18 bits per heavy atom. The van der Waals surface area contributed by atoms with Gasteiger partial charge in [-0.3, -0.25) is 9.10 Å². The molecule has 6 nitrogen and oxygen atoms in total. The molecule has 1 rings (SSSR count). The molecule has 0 aliphatic rings. The van der Waals surface area contributed by atoms with Gasteiger partial charge < -0.3 is 10.1 Å². The number of rotatable bonds is 7. The lowest BCUT2D eigenvalue weighted by Crippen LogP contribution is -2.47. The molecule has 0 unspecified atom stereocenters. The summed E-state index contributed by atoms with van der Waals surface area (Å²) in [5, 5.41) is 2.83. The fraction of sp³-hybridized carbons (Fsp3) is 0.357. The van der Waals surface area contributed by atoms with Crippen LogP contribution >= 0.6 is 11.6 Å². The molecule has 1 aromatic rings. The third kappa shape index (κ3) is 4.38. The van der Waals surface area contributed by atoms with Crippen LogP contribution in [0.15, 0.2) is 30.9 Å². The first-order valence-corrected chi connectivity index (χ1v) is 8.66. The standard InChI is InChI=1S/C14H19ClN2O4S/c1-5-8-16-14(18)10(2)17(22(4,19)20)11-6-7-13(21-3)12(15)9-11/h5-7,9-10H,1,8H2,2-4H3,(H,16,18)/t10-/m0/s1. The van der Waals surface area contributed by atoms with E-state index in [4.69, 9.17) is 16.3 Å². The van der Waals surface area contributed by atoms with Gasteiger partial charge in [-0.1, -0.05) is 17.7 Å². The lowest BCUT2D eigenvalue weighted by atomic mass is 10.2. The molecule has 0 aliphatic carbocycles. The van der Waals surface area contributed by atoms with Gasteiger partial charge in [0.15, 0.2) is 0 Å². The van der Waals surface area contributed by atoms with E-state index in [1.807, 2.05) is 0 Å². The van der Waals surface area contributed by atoms with Gasteiger partial charge in [-0.15, -0.1) is 6.58 Å². The lowest BCUT2D eigenvalue weighted by Gasteiger charge is -2.28. The number of carbonyl (C=O) groups is 1. The molecular formula is C14H19ClN2O4S. The van der Waals surface area contributed by atoms with Gasteiger partial charge in [0, 0.05) is 6.54 Å². The largest absolute Gasteiger partial charge is 0.495 e. The summed E-state index contributed by atoms with van der Waals surface area (Å²) >= 11 is 6.03. The SMILES string of the molecule is C=CCNC(=O)[C@H](C)N(c1ccc(OC)c(Cl)c1)S(C)(=O)=O. The molecule has 0 aliphatic heterocycles. The number of halogens is 1. The van der Waals surface area contributed by atoms with Crippen LogP contribution in [0, 0.1) is 0 Å². The Morgan fingerprint density at radius 1 is 1.55 bits per heavy atom. The molecule has 0 bridgehead atoms. The number of amides is 1. The van der Waals surface area contributed by atoms with Gasteiger partial charge in [0.1, 0.15) is 11.8 Å². The first kappa shape index (κ1) is 18.3. The third-order valence-corrected chi connectivity index (χ3v) is 4.44. The van der Waals surface area contributed by atoms with E-state index in [1.165, 1.54) is 32.2 Å². The molecule has 0 aromatic heterocycles. The molecule has 0 heterocycles. The summed E-state index contributed by atoms with van der Waals surface area (Å²) in [4.78, 5) is 12.0. The van der Waals surface area contributed by atoms with Crippen LogP contribution in [0.5, 0.6) is 5.75 Å². The Kier molecular flexibility index (Phi) is 6.25. The average molecular weight is 347 g/mol. The topological polar surface area (TPSA) is 75.7 Å². The van der Waals surface area contributed by atoms with Crippen LogP contribution in [0.2, 0.25) is 5.02 Å². The Balaban J connectivity index is 3.22. The molecule has 122 valence electrons. The molecule has 0 radical (unpaired) electrons. The first-order chi connectivity index (χ1) is 10.2. The highest BCUT2D eigenvalue weighted by Gasteiger charge is 2.29. The Morgan fingerprint density at radius 3 is 2.64 bits per heavy atom. The number of carbonyl (C=O) groups excluding carboxylic acids is 1. The number of ether oxygens (including phenoxy) is 1. The van der Waals surface area contributed by atoms with Crippen molar-refractivity contribution < 1.29 is 17.9 Å². The third-order valence-electron chi connectivity index (χ3n) is 2.90. The van der Waals surface area contributed by atoms with Crippen molar-refractivity contribution in [3.63, 3.8) is 0 Å². The number of methoxy groups -OCH3 is 1. The number of sulfonamides is 1. The second-order valence-electron chi connectivity index (χ2n) is 4.59. The molecule has 0 spiro atoms. The van der Waals surface area contributed by atoms with Crippen molar-refractivity contribution >= 4 is 33.2 Å². The van der Waals surface area contributed by atoms with Crippen LogP contribution in [-0.2, 0) is 14.8 Å². The van der Waals surface area contributed by atoms with Crippen molar-refractivity contribution in [1.82, 2.24) is 5.32 Å². The average Bonchev–Trinajstić information content (AvgIpc) is 2.43. The number of anilines is 1. The predicted octanol–water partition coefficient (Wildman–Crippen LogP) is 1.81. The maximum Gasteiger partial charge on any atom is 0.243 e. The molecule has 1 amide bonds. The Hall–Kier alpha value is -1.73. The summed E-state index contributed by atoms with van der Waals surface area (Å²) in [5.74, 6) is -0.0140. The molecule has 1 aromatic carbocycles. The number of nitrogens with zero attached hydrogens (tertiary/aromatic N) is 1. The summed E-state index contributed by atoms with van der Waals surface area (Å²) in [6.07, 6.45) is 2.54. The van der Waals surface area contributed by atoms with Gasteiger partial charge in [-0.05, 0) is 25.1 Å². The van der Waals surface area contributed by atoms with Crippen LogP contribution in [0.25, 0.3) is 0 Å². The second-order valence-corrected chi connectivity index (χ2v) is 6.85. The minimum atomic E-state index is -3.68. The van der Waals surface area contributed by atoms with E-state index in [9.17, 15) is 13.2 Å². The van der Waals surface area contributed by atoms with E-state index < -0.39 is 22.0 Å². The molecule has 0 saturated heterocycles. The molecule has 0 fully saturated rings. The second kappa shape index (κ2) is 7.51. The molecule has 8 heteroatoms. The van der Waals surface area contributed by atoms with Crippen LogP contribution in [0.1, 0.15) is 6.92 Å². The fourth-order valence-electron chi connectivity index (χ4n) is 1.92. The van der Waals surface area contributed by atoms with E-state index in [1.54, 1.807) is 6.07 Å². The maximum absolute atomic E-state index is 12.1. The number of nitrogens with one attached hydrogen (secondary N) is 1. The fourth-order valence-corrected chi connectivity index (χ4v) is 3.34. The quantitative estimate of drug-likeness (QED) is 0.764. The zero-order valence-corrected chi connectivity index (χ0v) is 14.2. The zero-order chi connectivity index (χ0) is 16.9. The highest BCUT2D eigenvalue weighted by Crippen LogP contribution is 2.31. The molecule has 1 atom stereocenters. The molecular weight excluding hydrogens is 328 g/mol.